The molecule has 0 aromatic heterocycles. The van der Waals surface area contributed by atoms with Gasteiger partial charge in [0.2, 0.25) is 10.0 Å². The molecule has 0 bridgehead atoms. The van der Waals surface area contributed by atoms with Crippen molar-refractivity contribution in [1.82, 2.24) is 4.31 Å². The molecule has 0 unspecified atom stereocenters. The van der Waals surface area contributed by atoms with Crippen LogP contribution in [0.2, 0.25) is 0 Å². The quantitative estimate of drug-likeness (QED) is 0.832. The van der Waals surface area contributed by atoms with Crippen LogP contribution in [0.15, 0.2) is 53.4 Å². The lowest BCUT2D eigenvalue weighted by atomic mass is 10.1. The molecule has 28 heavy (non-hydrogen) atoms. The zero-order valence-electron chi connectivity index (χ0n) is 16.6. The molecule has 0 saturated carbocycles. The molecule has 1 N–H and O–H groups in total. The van der Waals surface area contributed by atoms with E-state index >= 15 is 0 Å². The van der Waals surface area contributed by atoms with Gasteiger partial charge < -0.3 is 10.2 Å². The Bertz CT molecular complexity index is 922. The van der Waals surface area contributed by atoms with E-state index in [1.54, 1.807) is 16.4 Å². The Morgan fingerprint density at radius 1 is 1.04 bits per heavy atom. The first-order chi connectivity index (χ1) is 13.3. The predicted octanol–water partition coefficient (Wildman–Crippen LogP) is 3.57. The van der Waals surface area contributed by atoms with Crippen molar-refractivity contribution in [3.05, 3.63) is 54.1 Å². The largest absolute Gasteiger partial charge is 0.378 e. The Hall–Kier alpha value is -2.38. The Balaban J connectivity index is 1.72. The molecule has 7 heteroatoms. The van der Waals surface area contributed by atoms with Gasteiger partial charge in [0.25, 0.3) is 5.91 Å². The van der Waals surface area contributed by atoms with Gasteiger partial charge in [0.15, 0.2) is 0 Å². The molecule has 3 rings (SSSR count). The van der Waals surface area contributed by atoms with E-state index < -0.39 is 10.0 Å². The summed E-state index contributed by atoms with van der Waals surface area (Å²) in [7, 11) is 0.376. The van der Waals surface area contributed by atoms with Gasteiger partial charge in [-0.25, -0.2) is 8.42 Å². The standard InChI is InChI=1S/C21H27N3O3S/c1-16-6-4-5-15-24(16)28(26,27)20-13-7-17(8-14-20)21(25)22-18-9-11-19(12-10-18)23(2)3/h7-14,16H,4-6,15H2,1-3H3,(H,22,25)/t16-/m0/s1. The third-order valence-corrected chi connectivity index (χ3v) is 7.13. The normalized spacial score (nSPS) is 17.9. The highest BCUT2D eigenvalue weighted by molar-refractivity contribution is 7.89. The Kier molecular flexibility index (Phi) is 6.05. The Morgan fingerprint density at radius 3 is 2.25 bits per heavy atom. The lowest BCUT2D eigenvalue weighted by Crippen LogP contribution is -2.41. The number of benzene rings is 2. The van der Waals surface area contributed by atoms with Gasteiger partial charge in [-0.3, -0.25) is 4.79 Å². The van der Waals surface area contributed by atoms with Crippen LogP contribution in [-0.4, -0.2) is 45.3 Å². The van der Waals surface area contributed by atoms with E-state index in [0.717, 1.165) is 24.9 Å². The van der Waals surface area contributed by atoms with Gasteiger partial charge in [-0.15, -0.1) is 0 Å². The van der Waals surface area contributed by atoms with Crippen molar-refractivity contribution in [3.8, 4) is 0 Å². The molecule has 6 nitrogen and oxygen atoms in total. The number of nitrogens with zero attached hydrogens (tertiary/aromatic N) is 2. The molecule has 0 aliphatic carbocycles. The number of piperidine rings is 1. The summed E-state index contributed by atoms with van der Waals surface area (Å²) in [4.78, 5) is 14.7. The monoisotopic (exact) mass is 401 g/mol. The van der Waals surface area contributed by atoms with Crippen LogP contribution in [0, 0.1) is 0 Å². The Labute approximate surface area is 167 Å². The van der Waals surface area contributed by atoms with Gasteiger partial charge in [-0.2, -0.15) is 4.31 Å². The van der Waals surface area contributed by atoms with Crippen LogP contribution >= 0.6 is 0 Å². The zero-order valence-corrected chi connectivity index (χ0v) is 17.4. The highest BCUT2D eigenvalue weighted by atomic mass is 32.2. The summed E-state index contributed by atoms with van der Waals surface area (Å²) in [6.45, 7) is 2.49. The fourth-order valence-electron chi connectivity index (χ4n) is 3.39. The molecule has 0 spiro atoms. The van der Waals surface area contributed by atoms with Gasteiger partial charge in [-0.1, -0.05) is 6.42 Å². The summed E-state index contributed by atoms with van der Waals surface area (Å²) in [5.41, 5.74) is 2.15. The number of carbonyl (C=O) groups excluding carboxylic acids is 1. The van der Waals surface area contributed by atoms with Gasteiger partial charge in [0.05, 0.1) is 4.90 Å². The van der Waals surface area contributed by atoms with E-state index in [1.807, 2.05) is 50.2 Å². The lowest BCUT2D eigenvalue weighted by molar-refractivity contribution is 0.102. The third-order valence-electron chi connectivity index (χ3n) is 5.11. The van der Waals surface area contributed by atoms with Crippen LogP contribution in [0.5, 0.6) is 0 Å². The van der Waals surface area contributed by atoms with E-state index in [-0.39, 0.29) is 16.8 Å². The van der Waals surface area contributed by atoms with Crippen molar-refractivity contribution in [1.29, 1.82) is 0 Å². The fraction of sp³-hybridized carbons (Fsp3) is 0.381. The summed E-state index contributed by atoms with van der Waals surface area (Å²) >= 11 is 0. The van der Waals surface area contributed by atoms with Gasteiger partial charge in [-0.05, 0) is 68.3 Å². The first-order valence-corrected chi connectivity index (χ1v) is 10.9. The van der Waals surface area contributed by atoms with Crippen LogP contribution in [0.3, 0.4) is 0 Å². The van der Waals surface area contributed by atoms with Crippen molar-refractivity contribution in [3.63, 3.8) is 0 Å². The maximum atomic E-state index is 12.9. The summed E-state index contributed by atoms with van der Waals surface area (Å²) in [6.07, 6.45) is 2.82. The molecule has 1 amide bonds. The van der Waals surface area contributed by atoms with Crippen molar-refractivity contribution in [2.24, 2.45) is 0 Å². The van der Waals surface area contributed by atoms with E-state index in [1.165, 1.54) is 12.1 Å². The first kappa shape index (κ1) is 20.4. The summed E-state index contributed by atoms with van der Waals surface area (Å²) in [5.74, 6) is -0.270. The van der Waals surface area contributed by atoms with E-state index in [9.17, 15) is 13.2 Å². The number of nitrogens with one attached hydrogen (secondary N) is 1. The number of rotatable bonds is 5. The molecule has 1 aliphatic rings. The molecule has 2 aromatic rings. The van der Waals surface area contributed by atoms with E-state index in [2.05, 4.69) is 5.32 Å². The summed E-state index contributed by atoms with van der Waals surface area (Å²) < 4.78 is 27.3. The average molecular weight is 402 g/mol. The van der Waals surface area contributed by atoms with Crippen molar-refractivity contribution in [2.45, 2.75) is 37.1 Å². The fourth-order valence-corrected chi connectivity index (χ4v) is 5.09. The molecular formula is C21H27N3O3S. The van der Waals surface area contributed by atoms with Crippen LogP contribution < -0.4 is 10.2 Å². The molecular weight excluding hydrogens is 374 g/mol. The van der Waals surface area contributed by atoms with Gasteiger partial charge in [0.1, 0.15) is 0 Å². The smallest absolute Gasteiger partial charge is 0.255 e. The van der Waals surface area contributed by atoms with Crippen molar-refractivity contribution < 1.29 is 13.2 Å². The lowest BCUT2D eigenvalue weighted by Gasteiger charge is -2.32. The highest BCUT2D eigenvalue weighted by Gasteiger charge is 2.30. The number of hydrogen-bond donors (Lipinski definition) is 1. The average Bonchev–Trinajstić information content (AvgIpc) is 2.68. The minimum absolute atomic E-state index is 0.00635. The molecule has 150 valence electrons. The molecule has 0 radical (unpaired) electrons. The van der Waals surface area contributed by atoms with Crippen LogP contribution in [0.25, 0.3) is 0 Å². The second kappa shape index (κ2) is 8.32. The van der Waals surface area contributed by atoms with Crippen LogP contribution in [-0.2, 0) is 10.0 Å². The van der Waals surface area contributed by atoms with E-state index in [4.69, 9.17) is 0 Å². The number of sulfonamides is 1. The first-order valence-electron chi connectivity index (χ1n) is 9.49. The summed E-state index contributed by atoms with van der Waals surface area (Å²) in [6, 6.07) is 13.7. The minimum atomic E-state index is -3.53. The van der Waals surface area contributed by atoms with Crippen LogP contribution in [0.4, 0.5) is 11.4 Å². The molecule has 1 heterocycles. The second-order valence-corrected chi connectivity index (χ2v) is 9.27. The summed E-state index contributed by atoms with van der Waals surface area (Å²) in [5, 5.41) is 2.84. The molecule has 1 fully saturated rings. The Morgan fingerprint density at radius 2 is 1.68 bits per heavy atom. The number of hydrogen-bond acceptors (Lipinski definition) is 4. The SMILES string of the molecule is C[C@H]1CCCCN1S(=O)(=O)c1ccc(C(=O)Nc2ccc(N(C)C)cc2)cc1. The van der Waals surface area contributed by atoms with Crippen LogP contribution in [0.1, 0.15) is 36.5 Å². The topological polar surface area (TPSA) is 69.7 Å². The third kappa shape index (κ3) is 4.36. The highest BCUT2D eigenvalue weighted by Crippen LogP contribution is 2.25. The van der Waals surface area contributed by atoms with Gasteiger partial charge >= 0.3 is 0 Å². The zero-order chi connectivity index (χ0) is 20.3. The maximum Gasteiger partial charge on any atom is 0.255 e. The van der Waals surface area contributed by atoms with Crippen molar-refractivity contribution >= 4 is 27.3 Å². The predicted molar refractivity (Wildman–Crippen MR) is 112 cm³/mol. The molecule has 1 aliphatic heterocycles. The maximum absolute atomic E-state index is 12.9. The minimum Gasteiger partial charge on any atom is -0.378 e. The van der Waals surface area contributed by atoms with Gasteiger partial charge in [0, 0.05) is 43.6 Å². The molecule has 2 aromatic carbocycles. The number of anilines is 2. The number of amides is 1. The van der Waals surface area contributed by atoms with E-state index in [0.29, 0.717) is 17.8 Å². The van der Waals surface area contributed by atoms with Crippen molar-refractivity contribution in [2.75, 3.05) is 30.9 Å². The molecule has 1 saturated heterocycles. The second-order valence-electron chi connectivity index (χ2n) is 7.38. The molecule has 1 atom stereocenters. The number of carbonyl (C=O) groups is 1.